The maximum atomic E-state index is 12.2. The van der Waals surface area contributed by atoms with Crippen LogP contribution in [0, 0.1) is 10.8 Å². The molecule has 1 aliphatic rings. The zero-order valence-electron chi connectivity index (χ0n) is 12.3. The third-order valence-corrected chi connectivity index (χ3v) is 5.28. The van der Waals surface area contributed by atoms with Crippen molar-refractivity contribution in [2.75, 3.05) is 25.9 Å². The van der Waals surface area contributed by atoms with Crippen molar-refractivity contribution in [1.82, 2.24) is 9.62 Å². The highest BCUT2D eigenvalue weighted by atomic mass is 32.2. The number of rotatable bonds is 4. The van der Waals surface area contributed by atoms with E-state index < -0.39 is 15.6 Å². The van der Waals surface area contributed by atoms with Crippen LogP contribution in [0.5, 0.6) is 0 Å². The second-order valence-corrected chi connectivity index (χ2v) is 8.44. The summed E-state index contributed by atoms with van der Waals surface area (Å²) in [5, 5.41) is 7.75. The molecule has 7 heteroatoms. The molecule has 4 N–H and O–H groups in total. The van der Waals surface area contributed by atoms with Crippen LogP contribution in [0.1, 0.15) is 33.6 Å². The van der Waals surface area contributed by atoms with Crippen molar-refractivity contribution in [3.05, 3.63) is 0 Å². The quantitative estimate of drug-likeness (QED) is 0.514. The molecular weight excluding hydrogens is 264 g/mol. The van der Waals surface area contributed by atoms with Crippen molar-refractivity contribution < 1.29 is 8.42 Å². The molecule has 1 aliphatic heterocycles. The third kappa shape index (κ3) is 4.74. The van der Waals surface area contributed by atoms with Crippen LogP contribution in [0.4, 0.5) is 0 Å². The molecule has 19 heavy (non-hydrogen) atoms. The fourth-order valence-electron chi connectivity index (χ4n) is 2.33. The van der Waals surface area contributed by atoms with Gasteiger partial charge >= 0.3 is 0 Å². The van der Waals surface area contributed by atoms with Crippen LogP contribution >= 0.6 is 0 Å². The Morgan fingerprint density at radius 1 is 1.37 bits per heavy atom. The minimum atomic E-state index is -3.45. The number of hydrogen-bond acceptors (Lipinski definition) is 4. The lowest BCUT2D eigenvalue weighted by Gasteiger charge is -2.40. The van der Waals surface area contributed by atoms with Gasteiger partial charge in [0, 0.05) is 13.1 Å². The standard InChI is InChI=1S/C12H26N4O2S/c1-11(2,3)9-19(17,18)15-12(10(13)14)5-7-16(4)8-6-12/h15H,5-9H2,1-4H3,(H3,13,14). The number of nitrogens with zero attached hydrogens (tertiary/aromatic N) is 1. The van der Waals surface area contributed by atoms with E-state index in [1.165, 1.54) is 0 Å². The van der Waals surface area contributed by atoms with E-state index in [0.29, 0.717) is 12.8 Å². The van der Waals surface area contributed by atoms with Crippen molar-refractivity contribution >= 4 is 15.9 Å². The van der Waals surface area contributed by atoms with Crippen LogP contribution in [0.2, 0.25) is 0 Å². The van der Waals surface area contributed by atoms with Gasteiger partial charge in [-0.2, -0.15) is 0 Å². The van der Waals surface area contributed by atoms with E-state index in [-0.39, 0.29) is 17.0 Å². The molecule has 6 nitrogen and oxygen atoms in total. The monoisotopic (exact) mass is 290 g/mol. The number of nitrogens with two attached hydrogens (primary N) is 1. The lowest BCUT2D eigenvalue weighted by atomic mass is 9.88. The Kier molecular flexibility index (Phi) is 4.64. The van der Waals surface area contributed by atoms with Crippen LogP contribution in [-0.2, 0) is 10.0 Å². The molecular formula is C12H26N4O2S. The zero-order chi connectivity index (χ0) is 14.9. The van der Waals surface area contributed by atoms with E-state index in [0.717, 1.165) is 13.1 Å². The highest BCUT2D eigenvalue weighted by Gasteiger charge is 2.40. The molecule has 0 aromatic rings. The number of hydrogen-bond donors (Lipinski definition) is 3. The zero-order valence-corrected chi connectivity index (χ0v) is 13.1. The van der Waals surface area contributed by atoms with Gasteiger partial charge < -0.3 is 10.6 Å². The van der Waals surface area contributed by atoms with Gasteiger partial charge in [0.15, 0.2) is 0 Å². The minimum absolute atomic E-state index is 0.0326. The van der Waals surface area contributed by atoms with Gasteiger partial charge in [0.05, 0.1) is 11.3 Å². The van der Waals surface area contributed by atoms with E-state index >= 15 is 0 Å². The van der Waals surface area contributed by atoms with Gasteiger partial charge in [-0.05, 0) is 25.3 Å². The third-order valence-electron chi connectivity index (χ3n) is 3.33. The molecule has 0 amide bonds. The molecule has 0 radical (unpaired) electrons. The van der Waals surface area contributed by atoms with E-state index in [9.17, 15) is 8.42 Å². The number of amidine groups is 1. The Morgan fingerprint density at radius 2 is 1.84 bits per heavy atom. The Bertz CT molecular complexity index is 431. The average Bonchev–Trinajstić information content (AvgIpc) is 2.17. The van der Waals surface area contributed by atoms with Gasteiger partial charge in [-0.3, -0.25) is 5.41 Å². The molecule has 0 aromatic carbocycles. The highest BCUT2D eigenvalue weighted by Crippen LogP contribution is 2.24. The Morgan fingerprint density at radius 3 is 2.21 bits per heavy atom. The second kappa shape index (κ2) is 5.38. The Hall–Kier alpha value is -0.660. The normalized spacial score (nSPS) is 21.3. The summed E-state index contributed by atoms with van der Waals surface area (Å²) in [6, 6.07) is 0. The topological polar surface area (TPSA) is 99.3 Å². The maximum absolute atomic E-state index is 12.2. The lowest BCUT2D eigenvalue weighted by Crippen LogP contribution is -2.62. The van der Waals surface area contributed by atoms with Crippen LogP contribution in [0.3, 0.4) is 0 Å². The van der Waals surface area contributed by atoms with Gasteiger partial charge in [-0.15, -0.1) is 0 Å². The number of nitrogens with one attached hydrogen (secondary N) is 2. The van der Waals surface area contributed by atoms with Gasteiger partial charge in [-0.1, -0.05) is 20.8 Å². The average molecular weight is 290 g/mol. The van der Waals surface area contributed by atoms with Gasteiger partial charge in [0.25, 0.3) is 0 Å². The molecule has 0 saturated carbocycles. The molecule has 0 spiro atoms. The molecule has 112 valence electrons. The van der Waals surface area contributed by atoms with Gasteiger partial charge in [0.1, 0.15) is 5.84 Å². The lowest BCUT2D eigenvalue weighted by molar-refractivity contribution is 0.218. The summed E-state index contributed by atoms with van der Waals surface area (Å²) in [7, 11) is -1.47. The first-order valence-electron chi connectivity index (χ1n) is 6.51. The van der Waals surface area contributed by atoms with Crippen molar-refractivity contribution in [3.8, 4) is 0 Å². The van der Waals surface area contributed by atoms with Crippen molar-refractivity contribution in [2.45, 2.75) is 39.2 Å². The fourth-order valence-corrected chi connectivity index (χ4v) is 4.45. The summed E-state index contributed by atoms with van der Waals surface area (Å²) in [6.45, 7) is 7.10. The summed E-state index contributed by atoms with van der Waals surface area (Å²) in [6.07, 6.45) is 1.09. The van der Waals surface area contributed by atoms with Gasteiger partial charge in [-0.25, -0.2) is 13.1 Å². The smallest absolute Gasteiger partial charge is 0.213 e. The maximum Gasteiger partial charge on any atom is 0.213 e. The summed E-state index contributed by atoms with van der Waals surface area (Å²) in [5.41, 5.74) is 4.43. The number of likely N-dealkylation sites (tertiary alicyclic amines) is 1. The Balaban J connectivity index is 2.89. The van der Waals surface area contributed by atoms with Crippen molar-refractivity contribution in [1.29, 1.82) is 5.41 Å². The summed E-state index contributed by atoms with van der Waals surface area (Å²) in [4.78, 5) is 2.11. The SMILES string of the molecule is CN1CCC(NS(=O)(=O)CC(C)(C)C)(C(=N)N)CC1. The Labute approximate surface area is 116 Å². The predicted molar refractivity (Wildman–Crippen MR) is 77.8 cm³/mol. The molecule has 0 aliphatic carbocycles. The van der Waals surface area contributed by atoms with Crippen LogP contribution in [0.25, 0.3) is 0 Å². The van der Waals surface area contributed by atoms with Crippen LogP contribution in [0.15, 0.2) is 0 Å². The first kappa shape index (κ1) is 16.4. The van der Waals surface area contributed by atoms with Gasteiger partial charge in [0.2, 0.25) is 10.0 Å². The van der Waals surface area contributed by atoms with E-state index in [2.05, 4.69) is 9.62 Å². The summed E-state index contributed by atoms with van der Waals surface area (Å²) >= 11 is 0. The first-order valence-corrected chi connectivity index (χ1v) is 8.16. The molecule has 0 unspecified atom stereocenters. The van der Waals surface area contributed by atoms with Crippen LogP contribution in [-0.4, -0.2) is 50.6 Å². The van der Waals surface area contributed by atoms with E-state index in [1.807, 2.05) is 27.8 Å². The van der Waals surface area contributed by atoms with Crippen LogP contribution < -0.4 is 10.5 Å². The summed E-state index contributed by atoms with van der Waals surface area (Å²) in [5.74, 6) is -0.0525. The molecule has 1 rings (SSSR count). The first-order chi connectivity index (χ1) is 8.46. The second-order valence-electron chi connectivity index (χ2n) is 6.72. The fraction of sp³-hybridized carbons (Fsp3) is 0.917. The molecule has 0 aromatic heterocycles. The van der Waals surface area contributed by atoms with Crippen molar-refractivity contribution in [3.63, 3.8) is 0 Å². The summed E-state index contributed by atoms with van der Waals surface area (Å²) < 4.78 is 27.1. The molecule has 1 saturated heterocycles. The molecule has 0 bridgehead atoms. The van der Waals surface area contributed by atoms with E-state index in [1.54, 1.807) is 0 Å². The molecule has 1 heterocycles. The molecule has 1 fully saturated rings. The number of sulfonamides is 1. The molecule has 0 atom stereocenters. The largest absolute Gasteiger partial charge is 0.386 e. The minimum Gasteiger partial charge on any atom is -0.386 e. The highest BCUT2D eigenvalue weighted by molar-refractivity contribution is 7.89. The number of piperidine rings is 1. The van der Waals surface area contributed by atoms with E-state index in [4.69, 9.17) is 11.1 Å². The van der Waals surface area contributed by atoms with Crippen molar-refractivity contribution in [2.24, 2.45) is 11.1 Å². The predicted octanol–water partition coefficient (Wildman–Crippen LogP) is 0.352.